The molecule has 20 heavy (non-hydrogen) atoms. The standard InChI is InChI=1S/C12H15NO7/c1-6(14)18-10-5-17-9(4-13)11(19-7(2)15)12(10)20-8(3)16/h9-12H,5H2,1-3H3/t9?,10-,11-,12-/m1/s1. The van der Waals surface area contributed by atoms with Crippen LogP contribution >= 0.6 is 0 Å². The van der Waals surface area contributed by atoms with Gasteiger partial charge in [-0.1, -0.05) is 0 Å². The lowest BCUT2D eigenvalue weighted by Gasteiger charge is -2.37. The smallest absolute Gasteiger partial charge is 0.303 e. The summed E-state index contributed by atoms with van der Waals surface area (Å²) in [4.78, 5) is 33.3. The molecule has 0 aromatic rings. The van der Waals surface area contributed by atoms with Crippen LogP contribution in [0.2, 0.25) is 0 Å². The molecule has 1 saturated heterocycles. The van der Waals surface area contributed by atoms with E-state index in [-0.39, 0.29) is 6.61 Å². The predicted molar refractivity (Wildman–Crippen MR) is 62.0 cm³/mol. The fourth-order valence-electron chi connectivity index (χ4n) is 1.85. The molecule has 0 spiro atoms. The van der Waals surface area contributed by atoms with Gasteiger partial charge in [0.25, 0.3) is 0 Å². The van der Waals surface area contributed by atoms with Crippen molar-refractivity contribution in [3.05, 3.63) is 0 Å². The monoisotopic (exact) mass is 285 g/mol. The SMILES string of the molecule is CC(=O)O[C@H]1[C@H](OC(C)=O)C(C#N)OC[C@H]1OC(C)=O. The summed E-state index contributed by atoms with van der Waals surface area (Å²) < 4.78 is 20.1. The molecule has 0 N–H and O–H groups in total. The minimum absolute atomic E-state index is 0.131. The second kappa shape index (κ2) is 6.86. The molecule has 1 aliphatic rings. The first-order chi connectivity index (χ1) is 9.35. The van der Waals surface area contributed by atoms with Gasteiger partial charge in [0.15, 0.2) is 24.4 Å². The number of nitriles is 1. The summed E-state index contributed by atoms with van der Waals surface area (Å²) in [5, 5.41) is 8.98. The van der Waals surface area contributed by atoms with Gasteiger partial charge in [-0.25, -0.2) is 0 Å². The van der Waals surface area contributed by atoms with Gasteiger partial charge in [0.2, 0.25) is 0 Å². The highest BCUT2D eigenvalue weighted by molar-refractivity contribution is 5.68. The highest BCUT2D eigenvalue weighted by Crippen LogP contribution is 2.24. The molecular formula is C12H15NO7. The Morgan fingerprint density at radius 3 is 1.95 bits per heavy atom. The van der Waals surface area contributed by atoms with Crippen LogP contribution in [-0.4, -0.2) is 48.9 Å². The van der Waals surface area contributed by atoms with Crippen molar-refractivity contribution < 1.29 is 33.3 Å². The molecule has 4 atom stereocenters. The summed E-state index contributed by atoms with van der Waals surface area (Å²) in [6, 6.07) is 1.81. The number of rotatable bonds is 3. The van der Waals surface area contributed by atoms with Crippen LogP contribution in [0, 0.1) is 11.3 Å². The Kier molecular flexibility index (Phi) is 5.46. The van der Waals surface area contributed by atoms with Crippen molar-refractivity contribution in [1.29, 1.82) is 5.26 Å². The second-order valence-corrected chi connectivity index (χ2v) is 4.18. The molecule has 0 radical (unpaired) electrons. The maximum Gasteiger partial charge on any atom is 0.303 e. The Morgan fingerprint density at radius 1 is 1.00 bits per heavy atom. The molecule has 0 amide bonds. The van der Waals surface area contributed by atoms with Crippen LogP contribution in [0.25, 0.3) is 0 Å². The normalized spacial score (nSPS) is 28.9. The summed E-state index contributed by atoms with van der Waals surface area (Å²) in [6.07, 6.45) is -4.28. The molecule has 1 fully saturated rings. The van der Waals surface area contributed by atoms with E-state index in [1.807, 2.05) is 0 Å². The predicted octanol–water partition coefficient (Wildman–Crippen LogP) is -0.296. The fraction of sp³-hybridized carbons (Fsp3) is 0.667. The third-order valence-corrected chi connectivity index (χ3v) is 2.48. The van der Waals surface area contributed by atoms with E-state index in [4.69, 9.17) is 24.2 Å². The zero-order chi connectivity index (χ0) is 15.3. The van der Waals surface area contributed by atoms with Crippen LogP contribution < -0.4 is 0 Å². The quantitative estimate of drug-likeness (QED) is 0.513. The third-order valence-electron chi connectivity index (χ3n) is 2.48. The minimum atomic E-state index is -1.15. The van der Waals surface area contributed by atoms with Gasteiger partial charge >= 0.3 is 17.9 Å². The van der Waals surface area contributed by atoms with E-state index in [1.54, 1.807) is 6.07 Å². The third kappa shape index (κ3) is 4.20. The fourth-order valence-corrected chi connectivity index (χ4v) is 1.85. The summed E-state index contributed by atoms with van der Waals surface area (Å²) in [7, 11) is 0. The summed E-state index contributed by atoms with van der Waals surface area (Å²) in [5.74, 6) is -1.92. The minimum Gasteiger partial charge on any atom is -0.456 e. The van der Waals surface area contributed by atoms with Crippen molar-refractivity contribution in [3.63, 3.8) is 0 Å². The van der Waals surface area contributed by atoms with Crippen LogP contribution in [0.4, 0.5) is 0 Å². The average Bonchev–Trinajstić information content (AvgIpc) is 2.31. The first-order valence-electron chi connectivity index (χ1n) is 5.88. The lowest BCUT2D eigenvalue weighted by atomic mass is 10.00. The van der Waals surface area contributed by atoms with Gasteiger partial charge in [0.1, 0.15) is 0 Å². The Balaban J connectivity index is 2.99. The van der Waals surface area contributed by atoms with Gasteiger partial charge in [-0.15, -0.1) is 0 Å². The van der Waals surface area contributed by atoms with Gasteiger partial charge in [-0.05, 0) is 0 Å². The molecule has 0 aromatic carbocycles. The van der Waals surface area contributed by atoms with Gasteiger partial charge in [-0.3, -0.25) is 14.4 Å². The van der Waals surface area contributed by atoms with Gasteiger partial charge in [0.05, 0.1) is 12.7 Å². The number of carbonyl (C=O) groups excluding carboxylic acids is 3. The first kappa shape index (κ1) is 15.9. The molecule has 8 heteroatoms. The average molecular weight is 285 g/mol. The molecule has 8 nitrogen and oxygen atoms in total. The molecule has 0 aliphatic carbocycles. The lowest BCUT2D eigenvalue weighted by Crippen LogP contribution is -2.57. The van der Waals surface area contributed by atoms with Crippen LogP contribution in [0.3, 0.4) is 0 Å². The molecule has 1 heterocycles. The number of hydrogen-bond donors (Lipinski definition) is 0. The van der Waals surface area contributed by atoms with Crippen LogP contribution in [0.1, 0.15) is 20.8 Å². The molecule has 0 saturated carbocycles. The molecule has 1 unspecified atom stereocenters. The molecule has 1 aliphatic heterocycles. The summed E-state index contributed by atoms with van der Waals surface area (Å²) >= 11 is 0. The van der Waals surface area contributed by atoms with Gasteiger partial charge in [-0.2, -0.15) is 5.26 Å². The van der Waals surface area contributed by atoms with Gasteiger partial charge in [0, 0.05) is 20.8 Å². The van der Waals surface area contributed by atoms with E-state index in [0.29, 0.717) is 0 Å². The van der Waals surface area contributed by atoms with Crippen molar-refractivity contribution in [1.82, 2.24) is 0 Å². The maximum atomic E-state index is 11.1. The van der Waals surface area contributed by atoms with E-state index >= 15 is 0 Å². The largest absolute Gasteiger partial charge is 0.456 e. The van der Waals surface area contributed by atoms with Crippen molar-refractivity contribution in [2.75, 3.05) is 6.61 Å². The second-order valence-electron chi connectivity index (χ2n) is 4.18. The summed E-state index contributed by atoms with van der Waals surface area (Å²) in [5.41, 5.74) is 0. The van der Waals surface area contributed by atoms with E-state index in [9.17, 15) is 14.4 Å². The maximum absolute atomic E-state index is 11.1. The zero-order valence-electron chi connectivity index (χ0n) is 11.3. The topological polar surface area (TPSA) is 112 Å². The van der Waals surface area contributed by atoms with Gasteiger partial charge < -0.3 is 18.9 Å². The Labute approximate surface area is 115 Å². The van der Waals surface area contributed by atoms with Crippen LogP contribution in [0.5, 0.6) is 0 Å². The van der Waals surface area contributed by atoms with E-state index in [1.165, 1.54) is 6.92 Å². The molecule has 0 bridgehead atoms. The molecular weight excluding hydrogens is 270 g/mol. The number of esters is 3. The molecule has 110 valence electrons. The van der Waals surface area contributed by atoms with Crippen molar-refractivity contribution in [2.45, 2.75) is 45.2 Å². The Morgan fingerprint density at radius 2 is 1.50 bits per heavy atom. The Hall–Kier alpha value is -2.14. The summed E-state index contributed by atoms with van der Waals surface area (Å²) in [6.45, 7) is 3.36. The van der Waals surface area contributed by atoms with Crippen LogP contribution in [0.15, 0.2) is 0 Å². The van der Waals surface area contributed by atoms with E-state index in [0.717, 1.165) is 13.8 Å². The number of ether oxygens (including phenoxy) is 4. The highest BCUT2D eigenvalue weighted by atomic mass is 16.6. The zero-order valence-corrected chi connectivity index (χ0v) is 11.3. The number of nitrogens with zero attached hydrogens (tertiary/aromatic N) is 1. The first-order valence-corrected chi connectivity index (χ1v) is 5.88. The number of carbonyl (C=O) groups is 3. The lowest BCUT2D eigenvalue weighted by molar-refractivity contribution is -0.217. The Bertz CT molecular complexity index is 442. The van der Waals surface area contributed by atoms with Crippen molar-refractivity contribution >= 4 is 17.9 Å². The van der Waals surface area contributed by atoms with Crippen molar-refractivity contribution in [2.24, 2.45) is 0 Å². The highest BCUT2D eigenvalue weighted by Gasteiger charge is 2.46. The van der Waals surface area contributed by atoms with Crippen LogP contribution in [-0.2, 0) is 33.3 Å². The van der Waals surface area contributed by atoms with E-state index in [2.05, 4.69) is 0 Å². The van der Waals surface area contributed by atoms with E-state index < -0.39 is 42.3 Å². The number of hydrogen-bond acceptors (Lipinski definition) is 8. The van der Waals surface area contributed by atoms with Crippen molar-refractivity contribution in [3.8, 4) is 6.07 Å². The molecule has 0 aromatic heterocycles. The molecule has 1 rings (SSSR count).